The molecule has 2 atom stereocenters. The van der Waals surface area contributed by atoms with Crippen molar-refractivity contribution in [3.8, 4) is 5.69 Å². The zero-order chi connectivity index (χ0) is 29.4. The summed E-state index contributed by atoms with van der Waals surface area (Å²) in [6.07, 6.45) is 4.94. The predicted molar refractivity (Wildman–Crippen MR) is 186 cm³/mol. The normalized spacial score (nSPS) is 23.0. The second-order valence-corrected chi connectivity index (χ2v) is 14.4. The highest BCUT2D eigenvalue weighted by Crippen LogP contribution is 2.64. The highest BCUT2D eigenvalue weighted by molar-refractivity contribution is 7.02. The highest BCUT2D eigenvalue weighted by atomic mass is 16.3. The van der Waals surface area contributed by atoms with Crippen molar-refractivity contribution in [3.05, 3.63) is 103 Å². The first kappa shape index (κ1) is 23.5. The topological polar surface area (TPSA) is 24.6 Å². The number of para-hydroxylation sites is 3. The van der Waals surface area contributed by atoms with Crippen LogP contribution in [0.3, 0.4) is 0 Å². The zero-order valence-electron chi connectivity index (χ0n) is 25.4. The molecule has 2 aromatic heterocycles. The van der Waals surface area contributed by atoms with Crippen molar-refractivity contribution in [1.29, 1.82) is 0 Å². The molecule has 4 aliphatic heterocycles. The van der Waals surface area contributed by atoms with E-state index < -0.39 is 0 Å². The Hall–Kier alpha value is -4.90. The van der Waals surface area contributed by atoms with Crippen LogP contribution in [0.15, 0.2) is 101 Å². The van der Waals surface area contributed by atoms with Gasteiger partial charge >= 0.3 is 0 Å². The molecule has 2 unspecified atom stereocenters. The van der Waals surface area contributed by atoms with Gasteiger partial charge < -0.3 is 18.8 Å². The van der Waals surface area contributed by atoms with E-state index in [1.807, 2.05) is 0 Å². The van der Waals surface area contributed by atoms with Gasteiger partial charge in [-0.2, -0.15) is 0 Å². The van der Waals surface area contributed by atoms with Crippen molar-refractivity contribution in [2.24, 2.45) is 0 Å². The third-order valence-electron chi connectivity index (χ3n) is 12.6. The Labute approximate surface area is 261 Å². The van der Waals surface area contributed by atoms with Crippen molar-refractivity contribution in [2.75, 3.05) is 9.80 Å². The molecule has 7 aromatic rings. The van der Waals surface area contributed by atoms with E-state index in [1.54, 1.807) is 0 Å². The SMILES string of the molecule is CC12CCCCC1(C)N1c3c2ccc2c3B3c4c(cc5oc6ccccc6c5c41)-n1c3c(c3ccccc31)N2c1ccccc1. The van der Waals surface area contributed by atoms with Crippen molar-refractivity contribution in [1.82, 2.24) is 4.57 Å². The summed E-state index contributed by atoms with van der Waals surface area (Å²) in [5, 5.41) is 3.81. The lowest BCUT2D eigenvalue weighted by molar-refractivity contribution is 0.195. The number of rotatable bonds is 1. The minimum atomic E-state index is -0.0364. The second-order valence-electron chi connectivity index (χ2n) is 14.4. The standard InChI is InChI=1S/C40H30BN3O/c1-39-20-10-11-21-40(39,2)44-36-26(39)18-19-28-33(36)41-34-29(22-31-32(37(34)44)25-15-7-9-17-30(25)45-31)43-27-16-8-6-14-24(27)35(38(41)43)42(28)23-12-4-3-5-13-23/h3-9,12-19,22H,10-11,20-21H2,1-2H3. The quantitative estimate of drug-likeness (QED) is 0.183. The second kappa shape index (κ2) is 7.31. The Kier molecular flexibility index (Phi) is 3.82. The fourth-order valence-electron chi connectivity index (χ4n) is 10.6. The van der Waals surface area contributed by atoms with Gasteiger partial charge in [0, 0.05) is 50.6 Å². The van der Waals surface area contributed by atoms with Gasteiger partial charge in [-0.1, -0.05) is 80.4 Å². The van der Waals surface area contributed by atoms with Gasteiger partial charge in [0.1, 0.15) is 11.2 Å². The molecule has 5 aromatic carbocycles. The fraction of sp³-hybridized carbons (Fsp3) is 0.200. The van der Waals surface area contributed by atoms with Crippen LogP contribution in [0.5, 0.6) is 0 Å². The average molecular weight is 580 g/mol. The van der Waals surface area contributed by atoms with Crippen LogP contribution < -0.4 is 26.3 Å². The molecule has 0 bridgehead atoms. The van der Waals surface area contributed by atoms with Crippen LogP contribution in [0.4, 0.5) is 28.4 Å². The van der Waals surface area contributed by atoms with Crippen molar-refractivity contribution < 1.29 is 4.42 Å². The number of furan rings is 1. The molecular weight excluding hydrogens is 549 g/mol. The van der Waals surface area contributed by atoms with Gasteiger partial charge in [-0.15, -0.1) is 0 Å². The first-order valence-corrected chi connectivity index (χ1v) is 16.5. The Bertz CT molecular complexity index is 2510. The number of hydrogen-bond donors (Lipinski definition) is 0. The van der Waals surface area contributed by atoms with Crippen LogP contribution >= 0.6 is 0 Å². The van der Waals surface area contributed by atoms with Gasteiger partial charge in [-0.05, 0) is 66.6 Å². The molecule has 0 N–H and O–H groups in total. The first-order valence-electron chi connectivity index (χ1n) is 16.5. The summed E-state index contributed by atoms with van der Waals surface area (Å²) in [6.45, 7) is 5.31. The van der Waals surface area contributed by atoms with Gasteiger partial charge in [-0.3, -0.25) is 0 Å². The molecule has 6 heterocycles. The van der Waals surface area contributed by atoms with E-state index in [2.05, 4.69) is 125 Å². The highest BCUT2D eigenvalue weighted by Gasteiger charge is 2.63. The van der Waals surface area contributed by atoms with Crippen LogP contribution in [0.1, 0.15) is 45.1 Å². The van der Waals surface area contributed by atoms with E-state index in [0.29, 0.717) is 0 Å². The van der Waals surface area contributed by atoms with Crippen LogP contribution in [0, 0.1) is 0 Å². The Morgan fingerprint density at radius 2 is 1.44 bits per heavy atom. The van der Waals surface area contributed by atoms with E-state index >= 15 is 0 Å². The number of nitrogens with zero attached hydrogens (tertiary/aromatic N) is 3. The van der Waals surface area contributed by atoms with E-state index in [4.69, 9.17) is 4.42 Å². The monoisotopic (exact) mass is 579 g/mol. The fourth-order valence-corrected chi connectivity index (χ4v) is 10.6. The van der Waals surface area contributed by atoms with Gasteiger partial charge in [0.05, 0.1) is 27.8 Å². The van der Waals surface area contributed by atoms with E-state index in [-0.39, 0.29) is 17.7 Å². The molecule has 0 amide bonds. The maximum atomic E-state index is 6.76. The van der Waals surface area contributed by atoms with Crippen LogP contribution in [0.2, 0.25) is 0 Å². The molecule has 1 fully saturated rings. The summed E-state index contributed by atoms with van der Waals surface area (Å²) >= 11 is 0. The molecular formula is C40H30BN3O. The molecule has 12 rings (SSSR count). The van der Waals surface area contributed by atoms with Gasteiger partial charge in [0.25, 0.3) is 6.71 Å². The smallest absolute Gasteiger partial charge is 0.275 e. The molecule has 0 radical (unpaired) electrons. The van der Waals surface area contributed by atoms with E-state index in [9.17, 15) is 0 Å². The molecule has 0 saturated heterocycles. The van der Waals surface area contributed by atoms with Gasteiger partial charge in [0.2, 0.25) is 0 Å². The summed E-state index contributed by atoms with van der Waals surface area (Å²) < 4.78 is 9.35. The molecule has 5 aliphatic rings. The van der Waals surface area contributed by atoms with Crippen LogP contribution in [-0.2, 0) is 5.41 Å². The van der Waals surface area contributed by atoms with E-state index in [1.165, 1.54) is 104 Å². The molecule has 1 saturated carbocycles. The lowest BCUT2D eigenvalue weighted by Gasteiger charge is -2.52. The summed E-state index contributed by atoms with van der Waals surface area (Å²) in [7, 11) is 0. The minimum Gasteiger partial charge on any atom is -0.456 e. The third kappa shape index (κ3) is 2.33. The maximum Gasteiger partial charge on any atom is 0.275 e. The average Bonchev–Trinajstić information content (AvgIpc) is 3.77. The Morgan fingerprint density at radius 3 is 2.33 bits per heavy atom. The molecule has 0 spiro atoms. The number of aromatic nitrogens is 1. The molecule has 45 heavy (non-hydrogen) atoms. The number of benzene rings is 5. The molecule has 214 valence electrons. The zero-order valence-corrected chi connectivity index (χ0v) is 25.4. The Balaban J connectivity index is 1.35. The number of anilines is 5. The number of hydrogen-bond acceptors (Lipinski definition) is 3. The van der Waals surface area contributed by atoms with Crippen molar-refractivity contribution >= 4 is 84.5 Å². The number of fused-ring (bicyclic) bond motifs is 12. The largest absolute Gasteiger partial charge is 0.456 e. The van der Waals surface area contributed by atoms with Gasteiger partial charge in [0.15, 0.2) is 0 Å². The van der Waals surface area contributed by atoms with Crippen molar-refractivity contribution in [2.45, 2.75) is 50.5 Å². The van der Waals surface area contributed by atoms with Crippen molar-refractivity contribution in [3.63, 3.8) is 0 Å². The third-order valence-corrected chi connectivity index (χ3v) is 12.6. The first-order chi connectivity index (χ1) is 22.1. The maximum absolute atomic E-state index is 6.76. The molecule has 4 nitrogen and oxygen atoms in total. The summed E-state index contributed by atoms with van der Waals surface area (Å²) in [5.74, 6) is 0. The van der Waals surface area contributed by atoms with Crippen LogP contribution in [0.25, 0.3) is 38.5 Å². The Morgan fingerprint density at radius 1 is 0.689 bits per heavy atom. The van der Waals surface area contributed by atoms with E-state index in [0.717, 1.165) is 11.2 Å². The lowest BCUT2D eigenvalue weighted by Crippen LogP contribution is -2.63. The summed E-state index contributed by atoms with van der Waals surface area (Å²) in [4.78, 5) is 5.42. The van der Waals surface area contributed by atoms with Gasteiger partial charge in [-0.25, -0.2) is 0 Å². The minimum absolute atomic E-state index is 0.0364. The van der Waals surface area contributed by atoms with Crippen LogP contribution in [-0.4, -0.2) is 16.8 Å². The summed E-state index contributed by atoms with van der Waals surface area (Å²) in [5.41, 5.74) is 17.1. The predicted octanol–water partition coefficient (Wildman–Crippen LogP) is 8.20. The summed E-state index contributed by atoms with van der Waals surface area (Å²) in [6, 6.07) is 36.0. The lowest BCUT2D eigenvalue weighted by atomic mass is 9.36. The molecule has 1 aliphatic carbocycles. The molecule has 5 heteroatoms.